The molecule has 0 atom stereocenters. The minimum absolute atomic E-state index is 0.0742. The van der Waals surface area contributed by atoms with Crippen molar-refractivity contribution in [2.75, 3.05) is 18.4 Å². The molecule has 26 heavy (non-hydrogen) atoms. The average Bonchev–Trinajstić information content (AvgIpc) is 3.05. The summed E-state index contributed by atoms with van der Waals surface area (Å²) in [5, 5.41) is 2.88. The van der Waals surface area contributed by atoms with E-state index in [9.17, 15) is 4.79 Å². The number of carbonyl (C=O) groups is 1. The van der Waals surface area contributed by atoms with Crippen molar-refractivity contribution in [2.45, 2.75) is 89.7 Å². The summed E-state index contributed by atoms with van der Waals surface area (Å²) in [6.07, 6.45) is 12.3. The normalized spacial score (nSPS) is 21.3. The maximum Gasteiger partial charge on any atom is 0.413 e. The first-order valence-corrected chi connectivity index (χ1v) is 10.5. The zero-order valence-corrected chi connectivity index (χ0v) is 16.4. The third-order valence-electron chi connectivity index (χ3n) is 6.00. The number of piperidine rings is 1. The van der Waals surface area contributed by atoms with Gasteiger partial charge in [-0.05, 0) is 83.0 Å². The number of rotatable bonds is 4. The number of aromatic amines is 1. The van der Waals surface area contributed by atoms with Gasteiger partial charge < -0.3 is 14.6 Å². The predicted molar refractivity (Wildman–Crippen MR) is 106 cm³/mol. The maximum absolute atomic E-state index is 12.2. The second kappa shape index (κ2) is 9.45. The van der Waals surface area contributed by atoms with Crippen LogP contribution in [0.25, 0.3) is 0 Å². The van der Waals surface area contributed by atoms with Crippen molar-refractivity contribution >= 4 is 11.9 Å². The molecule has 1 saturated heterocycles. The number of nitrogens with one attached hydrogen (secondary N) is 2. The Morgan fingerprint density at radius 1 is 1.12 bits per heavy atom. The van der Waals surface area contributed by atoms with Crippen LogP contribution in [0.4, 0.5) is 10.6 Å². The monoisotopic (exact) mass is 361 g/mol. The Morgan fingerprint density at radius 3 is 2.42 bits per heavy atom. The lowest BCUT2D eigenvalue weighted by Gasteiger charge is -2.34. The number of hydrogen-bond donors (Lipinski definition) is 2. The van der Waals surface area contributed by atoms with E-state index in [0.717, 1.165) is 31.7 Å². The molecule has 0 bridgehead atoms. The molecule has 3 rings (SSSR count). The van der Waals surface area contributed by atoms with Crippen LogP contribution < -0.4 is 5.32 Å². The van der Waals surface area contributed by atoms with Crippen LogP contribution in [0.5, 0.6) is 0 Å². The second-order valence-electron chi connectivity index (χ2n) is 8.25. The molecule has 2 fully saturated rings. The summed E-state index contributed by atoms with van der Waals surface area (Å²) in [5.74, 6) is 1.33. The summed E-state index contributed by atoms with van der Waals surface area (Å²) < 4.78 is 5.65. The van der Waals surface area contributed by atoms with Crippen molar-refractivity contribution in [3.8, 4) is 0 Å². The van der Waals surface area contributed by atoms with Gasteiger partial charge in [-0.25, -0.2) is 4.79 Å². The van der Waals surface area contributed by atoms with E-state index in [1.807, 2.05) is 6.20 Å². The van der Waals surface area contributed by atoms with Crippen molar-refractivity contribution in [3.63, 3.8) is 0 Å². The van der Waals surface area contributed by atoms with Gasteiger partial charge in [-0.2, -0.15) is 0 Å². The molecule has 0 aromatic carbocycles. The lowest BCUT2D eigenvalue weighted by Crippen LogP contribution is -2.37. The molecular formula is C21H35N3O2. The van der Waals surface area contributed by atoms with Crippen LogP contribution in [0, 0.1) is 0 Å². The molecule has 0 unspecified atom stereocenters. The first-order chi connectivity index (χ1) is 12.6. The van der Waals surface area contributed by atoms with Gasteiger partial charge in [-0.15, -0.1) is 0 Å². The van der Waals surface area contributed by atoms with E-state index < -0.39 is 0 Å². The molecular weight excluding hydrogens is 326 g/mol. The van der Waals surface area contributed by atoms with Crippen molar-refractivity contribution in [3.05, 3.63) is 17.8 Å². The molecule has 1 amide bonds. The number of ether oxygens (including phenoxy) is 1. The van der Waals surface area contributed by atoms with Crippen LogP contribution in [0.2, 0.25) is 0 Å². The Labute approximate surface area is 157 Å². The van der Waals surface area contributed by atoms with Crippen LogP contribution in [0.3, 0.4) is 0 Å². The van der Waals surface area contributed by atoms with E-state index in [1.54, 1.807) is 0 Å². The zero-order valence-electron chi connectivity index (χ0n) is 16.4. The van der Waals surface area contributed by atoms with Crippen molar-refractivity contribution in [2.24, 2.45) is 0 Å². The minimum atomic E-state index is -0.321. The smallest absolute Gasteiger partial charge is 0.413 e. The summed E-state index contributed by atoms with van der Waals surface area (Å²) >= 11 is 0. The molecule has 2 N–H and O–H groups in total. The summed E-state index contributed by atoms with van der Waals surface area (Å²) in [4.78, 5) is 18.0. The van der Waals surface area contributed by atoms with E-state index in [4.69, 9.17) is 4.74 Å². The number of aromatic nitrogens is 1. The van der Waals surface area contributed by atoms with Gasteiger partial charge in [0.1, 0.15) is 11.9 Å². The average molecular weight is 362 g/mol. The highest BCUT2D eigenvalue weighted by atomic mass is 16.6. The second-order valence-corrected chi connectivity index (χ2v) is 8.25. The van der Waals surface area contributed by atoms with Crippen molar-refractivity contribution in [1.82, 2.24) is 9.88 Å². The number of nitrogens with zero attached hydrogens (tertiary/aromatic N) is 1. The van der Waals surface area contributed by atoms with E-state index in [-0.39, 0.29) is 12.2 Å². The van der Waals surface area contributed by atoms with Gasteiger partial charge in [0.15, 0.2) is 0 Å². The van der Waals surface area contributed by atoms with E-state index in [2.05, 4.69) is 35.1 Å². The largest absolute Gasteiger partial charge is 0.446 e. The van der Waals surface area contributed by atoms with Crippen molar-refractivity contribution in [1.29, 1.82) is 0 Å². The van der Waals surface area contributed by atoms with Gasteiger partial charge in [-0.3, -0.25) is 5.32 Å². The third-order valence-corrected chi connectivity index (χ3v) is 6.00. The van der Waals surface area contributed by atoms with E-state index in [0.29, 0.717) is 12.0 Å². The Bertz CT molecular complexity index is 553. The van der Waals surface area contributed by atoms with Crippen LogP contribution in [0.15, 0.2) is 12.3 Å². The van der Waals surface area contributed by atoms with Gasteiger partial charge in [0.2, 0.25) is 0 Å². The minimum Gasteiger partial charge on any atom is -0.446 e. The van der Waals surface area contributed by atoms with Crippen LogP contribution in [-0.4, -0.2) is 41.2 Å². The standard InChI is InChI=1S/C21H35N3O2/c1-16(2)24-12-10-17(11-13-24)18-14-20(22-15-18)23-21(25)26-19-8-6-4-3-5-7-9-19/h14-17,19,22H,3-13H2,1-2H3,(H,23,25). The summed E-state index contributed by atoms with van der Waals surface area (Å²) in [6, 6.07) is 2.71. The van der Waals surface area contributed by atoms with Gasteiger partial charge in [-0.1, -0.05) is 19.3 Å². The zero-order chi connectivity index (χ0) is 18.4. The quantitative estimate of drug-likeness (QED) is 0.768. The highest BCUT2D eigenvalue weighted by Gasteiger charge is 2.23. The molecule has 0 spiro atoms. The van der Waals surface area contributed by atoms with E-state index >= 15 is 0 Å². The highest BCUT2D eigenvalue weighted by molar-refractivity contribution is 5.83. The number of likely N-dealkylation sites (tertiary alicyclic amines) is 1. The summed E-state index contributed by atoms with van der Waals surface area (Å²) in [5.41, 5.74) is 1.30. The van der Waals surface area contributed by atoms with E-state index in [1.165, 1.54) is 50.5 Å². The predicted octanol–water partition coefficient (Wildman–Crippen LogP) is 5.26. The third kappa shape index (κ3) is 5.50. The molecule has 5 heteroatoms. The van der Waals surface area contributed by atoms with Crippen LogP contribution in [0.1, 0.15) is 83.1 Å². The van der Waals surface area contributed by atoms with Gasteiger partial charge >= 0.3 is 6.09 Å². The number of carbonyl (C=O) groups excluding carboxylic acids is 1. The lowest BCUT2D eigenvalue weighted by atomic mass is 9.91. The number of amides is 1. The fourth-order valence-electron chi connectivity index (χ4n) is 4.30. The molecule has 0 radical (unpaired) electrons. The molecule has 146 valence electrons. The van der Waals surface area contributed by atoms with Crippen molar-refractivity contribution < 1.29 is 9.53 Å². The molecule has 5 nitrogen and oxygen atoms in total. The first-order valence-electron chi connectivity index (χ1n) is 10.5. The van der Waals surface area contributed by atoms with Gasteiger partial charge in [0.05, 0.1) is 0 Å². The fourth-order valence-corrected chi connectivity index (χ4v) is 4.30. The van der Waals surface area contributed by atoms with Gasteiger partial charge in [0.25, 0.3) is 0 Å². The molecule has 2 heterocycles. The Morgan fingerprint density at radius 2 is 1.77 bits per heavy atom. The summed E-state index contributed by atoms with van der Waals surface area (Å²) in [6.45, 7) is 6.83. The van der Waals surface area contributed by atoms with Crippen LogP contribution in [-0.2, 0) is 4.74 Å². The van der Waals surface area contributed by atoms with Gasteiger partial charge in [0, 0.05) is 12.2 Å². The Balaban J connectivity index is 1.46. The maximum atomic E-state index is 12.2. The highest BCUT2D eigenvalue weighted by Crippen LogP contribution is 2.30. The lowest BCUT2D eigenvalue weighted by molar-refractivity contribution is 0.0932. The molecule has 1 aliphatic carbocycles. The molecule has 1 aromatic rings. The number of H-pyrrole nitrogens is 1. The molecule has 1 saturated carbocycles. The summed E-state index contributed by atoms with van der Waals surface area (Å²) in [7, 11) is 0. The SMILES string of the molecule is CC(C)N1CCC(c2c[nH]c(NC(=O)OC3CCCCCCC3)c2)CC1. The topological polar surface area (TPSA) is 57.4 Å². The number of anilines is 1. The Kier molecular flexibility index (Phi) is 7.00. The van der Waals surface area contributed by atoms with Crippen LogP contribution >= 0.6 is 0 Å². The molecule has 1 aliphatic heterocycles. The first kappa shape index (κ1) is 19.3. The molecule has 1 aromatic heterocycles. The fraction of sp³-hybridized carbons (Fsp3) is 0.762. The Hall–Kier alpha value is -1.49. The molecule has 2 aliphatic rings. The number of hydrogen-bond acceptors (Lipinski definition) is 3.